The molecule has 0 atom stereocenters. The molecule has 0 aliphatic carbocycles. The van der Waals surface area contributed by atoms with Gasteiger partial charge in [-0.15, -0.1) is 0 Å². The normalized spacial score (nSPS) is 11.6. The Bertz CT molecular complexity index is 366. The van der Waals surface area contributed by atoms with Gasteiger partial charge in [0, 0.05) is 18.3 Å². The molecule has 0 saturated heterocycles. The molecule has 88 valence electrons. The predicted molar refractivity (Wildman–Crippen MR) is 68.1 cm³/mol. The second-order valence-corrected chi connectivity index (χ2v) is 4.61. The number of hydrogen-bond donors (Lipinski definition) is 1. The van der Waals surface area contributed by atoms with Gasteiger partial charge in [-0.25, -0.2) is 0 Å². The van der Waals surface area contributed by atoms with Gasteiger partial charge in [0.05, 0.1) is 5.54 Å². The molecule has 3 heteroatoms. The summed E-state index contributed by atoms with van der Waals surface area (Å²) in [6.07, 6.45) is 0. The molecule has 0 spiro atoms. The van der Waals surface area contributed by atoms with Crippen LogP contribution in [-0.4, -0.2) is 37.4 Å². The molecule has 0 aliphatic heterocycles. The van der Waals surface area contributed by atoms with Crippen molar-refractivity contribution in [2.24, 2.45) is 0 Å². The zero-order chi connectivity index (χ0) is 12.3. The third-order valence-corrected chi connectivity index (χ3v) is 3.11. The van der Waals surface area contributed by atoms with E-state index in [1.54, 1.807) is 0 Å². The fourth-order valence-corrected chi connectivity index (χ4v) is 1.34. The van der Waals surface area contributed by atoms with E-state index in [1.165, 1.54) is 0 Å². The van der Waals surface area contributed by atoms with Gasteiger partial charge in [-0.2, -0.15) is 0 Å². The van der Waals surface area contributed by atoms with Gasteiger partial charge >= 0.3 is 0 Å². The van der Waals surface area contributed by atoms with Gasteiger partial charge in [-0.3, -0.25) is 9.69 Å². The van der Waals surface area contributed by atoms with Gasteiger partial charge in [0.1, 0.15) is 0 Å². The van der Waals surface area contributed by atoms with E-state index < -0.39 is 5.54 Å². The highest BCUT2D eigenvalue weighted by Gasteiger charge is 2.30. The lowest BCUT2D eigenvalue weighted by Gasteiger charge is -2.30. The molecule has 0 heterocycles. The quantitative estimate of drug-likeness (QED) is 0.790. The number of carbonyl (C=O) groups excluding carboxylic acids is 1. The van der Waals surface area contributed by atoms with E-state index in [-0.39, 0.29) is 5.78 Å². The highest BCUT2D eigenvalue weighted by molar-refractivity contribution is 6.02. The van der Waals surface area contributed by atoms with Crippen molar-refractivity contribution in [3.8, 4) is 0 Å². The lowest BCUT2D eigenvalue weighted by atomic mass is 9.92. The van der Waals surface area contributed by atoms with Crippen LogP contribution >= 0.6 is 0 Å². The zero-order valence-electron chi connectivity index (χ0n) is 10.7. The minimum absolute atomic E-state index is 0.139. The summed E-state index contributed by atoms with van der Waals surface area (Å²) >= 11 is 0. The Kier molecular flexibility index (Phi) is 3.70. The minimum Gasteiger partial charge on any atom is -0.388 e. The van der Waals surface area contributed by atoms with Crippen molar-refractivity contribution in [2.75, 3.05) is 26.5 Å². The summed E-state index contributed by atoms with van der Waals surface area (Å²) in [5.41, 5.74) is 1.29. The molecule has 0 amide bonds. The summed E-state index contributed by atoms with van der Waals surface area (Å²) in [5.74, 6) is 0.139. The van der Waals surface area contributed by atoms with Crippen LogP contribution in [-0.2, 0) is 0 Å². The molecule has 16 heavy (non-hydrogen) atoms. The predicted octanol–water partition coefficient (Wildman–Crippen LogP) is 2.25. The van der Waals surface area contributed by atoms with E-state index >= 15 is 0 Å². The first-order chi connectivity index (χ1) is 7.39. The summed E-state index contributed by atoms with van der Waals surface area (Å²) in [5, 5.41) is 3.03. The first kappa shape index (κ1) is 12.7. The molecule has 0 saturated carbocycles. The fourth-order valence-electron chi connectivity index (χ4n) is 1.34. The Morgan fingerprint density at radius 1 is 1.19 bits per heavy atom. The summed E-state index contributed by atoms with van der Waals surface area (Å²) in [6, 6.07) is 7.55. The van der Waals surface area contributed by atoms with Crippen LogP contribution in [0.3, 0.4) is 0 Å². The van der Waals surface area contributed by atoms with E-state index in [4.69, 9.17) is 0 Å². The van der Waals surface area contributed by atoms with Crippen molar-refractivity contribution >= 4 is 11.5 Å². The minimum atomic E-state index is -0.471. The fraction of sp³-hybridized carbons (Fsp3) is 0.462. The van der Waals surface area contributed by atoms with E-state index in [9.17, 15) is 4.79 Å². The van der Waals surface area contributed by atoms with Crippen LogP contribution in [0.15, 0.2) is 24.3 Å². The van der Waals surface area contributed by atoms with Gasteiger partial charge in [-0.1, -0.05) is 0 Å². The van der Waals surface area contributed by atoms with E-state index in [0.29, 0.717) is 0 Å². The third-order valence-electron chi connectivity index (χ3n) is 3.11. The first-order valence-corrected chi connectivity index (χ1v) is 5.39. The number of carbonyl (C=O) groups is 1. The number of benzene rings is 1. The van der Waals surface area contributed by atoms with Gasteiger partial charge < -0.3 is 5.32 Å². The number of rotatable bonds is 4. The number of nitrogens with one attached hydrogen (secondary N) is 1. The molecule has 0 aromatic heterocycles. The molecule has 1 aromatic rings. The average molecular weight is 220 g/mol. The topological polar surface area (TPSA) is 32.3 Å². The molecular weight excluding hydrogens is 200 g/mol. The summed E-state index contributed by atoms with van der Waals surface area (Å²) < 4.78 is 0. The molecule has 0 bridgehead atoms. The SMILES string of the molecule is CNc1ccc(C(=O)C(C)(C)N(C)C)cc1. The average Bonchev–Trinajstić information content (AvgIpc) is 2.28. The van der Waals surface area contributed by atoms with Gasteiger partial charge in [0.15, 0.2) is 5.78 Å². The van der Waals surface area contributed by atoms with Crippen molar-refractivity contribution in [3.05, 3.63) is 29.8 Å². The maximum absolute atomic E-state index is 12.2. The van der Waals surface area contributed by atoms with E-state index in [2.05, 4.69) is 5.32 Å². The lowest BCUT2D eigenvalue weighted by molar-refractivity contribution is 0.0755. The van der Waals surface area contributed by atoms with Crippen LogP contribution in [0.5, 0.6) is 0 Å². The van der Waals surface area contributed by atoms with Crippen LogP contribution in [0.4, 0.5) is 5.69 Å². The van der Waals surface area contributed by atoms with Crippen LogP contribution < -0.4 is 5.32 Å². The van der Waals surface area contributed by atoms with Crippen LogP contribution in [0, 0.1) is 0 Å². The van der Waals surface area contributed by atoms with E-state index in [0.717, 1.165) is 11.3 Å². The molecule has 0 unspecified atom stereocenters. The van der Waals surface area contributed by atoms with Crippen molar-refractivity contribution in [2.45, 2.75) is 19.4 Å². The number of Topliss-reactive ketones (excluding diaryl/α,β-unsaturated/α-hetero) is 1. The van der Waals surface area contributed by atoms with Crippen molar-refractivity contribution < 1.29 is 4.79 Å². The maximum atomic E-state index is 12.2. The Balaban J connectivity index is 2.97. The highest BCUT2D eigenvalue weighted by Crippen LogP contribution is 2.19. The van der Waals surface area contributed by atoms with E-state index in [1.807, 2.05) is 64.2 Å². The molecule has 1 aromatic carbocycles. The monoisotopic (exact) mass is 220 g/mol. The third kappa shape index (κ3) is 2.42. The zero-order valence-corrected chi connectivity index (χ0v) is 10.7. The molecular formula is C13H20N2O. The number of anilines is 1. The smallest absolute Gasteiger partial charge is 0.182 e. The second-order valence-electron chi connectivity index (χ2n) is 4.61. The summed E-state index contributed by atoms with van der Waals surface area (Å²) in [4.78, 5) is 14.2. The van der Waals surface area contributed by atoms with Crippen LogP contribution in [0.2, 0.25) is 0 Å². The standard InChI is InChI=1S/C13H20N2O/c1-13(2,15(4)5)12(16)10-6-8-11(14-3)9-7-10/h6-9,14H,1-5H3. The lowest BCUT2D eigenvalue weighted by Crippen LogP contribution is -2.45. The van der Waals surface area contributed by atoms with Crippen molar-refractivity contribution in [3.63, 3.8) is 0 Å². The van der Waals surface area contributed by atoms with Gasteiger partial charge in [0.2, 0.25) is 0 Å². The van der Waals surface area contributed by atoms with Crippen LogP contribution in [0.1, 0.15) is 24.2 Å². The van der Waals surface area contributed by atoms with Crippen molar-refractivity contribution in [1.29, 1.82) is 0 Å². The number of likely N-dealkylation sites (N-methyl/N-ethyl adjacent to an activating group) is 1. The number of hydrogen-bond acceptors (Lipinski definition) is 3. The molecule has 1 rings (SSSR count). The Morgan fingerprint density at radius 2 is 1.69 bits per heavy atom. The molecule has 0 fully saturated rings. The summed E-state index contributed by atoms with van der Waals surface area (Å²) in [7, 11) is 5.69. The largest absolute Gasteiger partial charge is 0.388 e. The highest BCUT2D eigenvalue weighted by atomic mass is 16.1. The first-order valence-electron chi connectivity index (χ1n) is 5.39. The molecule has 3 nitrogen and oxygen atoms in total. The second kappa shape index (κ2) is 4.66. The molecule has 1 N–H and O–H groups in total. The number of nitrogens with zero attached hydrogens (tertiary/aromatic N) is 1. The molecule has 0 radical (unpaired) electrons. The number of ketones is 1. The Labute approximate surface area is 97.5 Å². The maximum Gasteiger partial charge on any atom is 0.182 e. The van der Waals surface area contributed by atoms with Gasteiger partial charge in [0.25, 0.3) is 0 Å². The van der Waals surface area contributed by atoms with Gasteiger partial charge in [-0.05, 0) is 52.2 Å². The van der Waals surface area contributed by atoms with Crippen LogP contribution in [0.25, 0.3) is 0 Å². The molecule has 0 aliphatic rings. The van der Waals surface area contributed by atoms with Crippen molar-refractivity contribution in [1.82, 2.24) is 4.90 Å². The summed E-state index contributed by atoms with van der Waals surface area (Å²) in [6.45, 7) is 3.86. The Morgan fingerprint density at radius 3 is 2.06 bits per heavy atom. The Hall–Kier alpha value is -1.35.